The Morgan fingerprint density at radius 2 is 2.16 bits per heavy atom. The first kappa shape index (κ1) is 11.4. The molecule has 2 aromatic heterocycles. The molecule has 0 radical (unpaired) electrons. The molecule has 3 rings (SSSR count). The summed E-state index contributed by atoms with van der Waals surface area (Å²) >= 11 is 0. The molecule has 0 saturated heterocycles. The monoisotopic (exact) mass is 253 g/mol. The van der Waals surface area contributed by atoms with Crippen LogP contribution in [0.1, 0.15) is 17.0 Å². The minimum Gasteiger partial charge on any atom is -0.481 e. The number of fused-ring (bicyclic) bond motifs is 1. The van der Waals surface area contributed by atoms with Gasteiger partial charge in [0, 0.05) is 12.4 Å². The molecule has 0 aliphatic rings. The van der Waals surface area contributed by atoms with Crippen LogP contribution in [0.4, 0.5) is 0 Å². The zero-order valence-corrected chi connectivity index (χ0v) is 9.95. The molecular formula is C14H11N3O2. The summed E-state index contributed by atoms with van der Waals surface area (Å²) in [6.45, 7) is 0. The van der Waals surface area contributed by atoms with Gasteiger partial charge >= 0.3 is 5.97 Å². The van der Waals surface area contributed by atoms with Gasteiger partial charge in [0.05, 0.1) is 17.4 Å². The highest BCUT2D eigenvalue weighted by Gasteiger charge is 2.22. The van der Waals surface area contributed by atoms with Gasteiger partial charge in [-0.15, -0.1) is 0 Å². The molecule has 0 fully saturated rings. The minimum absolute atomic E-state index is 0.661. The van der Waals surface area contributed by atoms with E-state index in [0.717, 1.165) is 11.0 Å². The Labute approximate surface area is 109 Å². The van der Waals surface area contributed by atoms with Gasteiger partial charge < -0.3 is 10.1 Å². The van der Waals surface area contributed by atoms with Crippen molar-refractivity contribution in [3.05, 3.63) is 60.2 Å². The summed E-state index contributed by atoms with van der Waals surface area (Å²) in [5.74, 6) is -1.62. The van der Waals surface area contributed by atoms with Crippen molar-refractivity contribution >= 4 is 17.0 Å². The summed E-state index contributed by atoms with van der Waals surface area (Å²) in [5.41, 5.74) is 3.01. The largest absolute Gasteiger partial charge is 0.481 e. The van der Waals surface area contributed by atoms with Gasteiger partial charge in [-0.2, -0.15) is 0 Å². The van der Waals surface area contributed by atoms with Gasteiger partial charge in [0.25, 0.3) is 0 Å². The first-order valence-electron chi connectivity index (χ1n) is 5.81. The predicted molar refractivity (Wildman–Crippen MR) is 69.8 cm³/mol. The molecule has 19 heavy (non-hydrogen) atoms. The Morgan fingerprint density at radius 1 is 1.26 bits per heavy atom. The molecule has 0 bridgehead atoms. The van der Waals surface area contributed by atoms with E-state index in [1.807, 2.05) is 12.1 Å². The number of nitrogens with zero attached hydrogens (tertiary/aromatic N) is 2. The molecule has 94 valence electrons. The standard InChI is InChI=1S/C14H11N3O2/c18-14(19)13(10-2-1-5-15-7-10)9-3-4-11-12(6-9)17-8-16-11/h1-8,13H,(H,16,17)(H,18,19). The van der Waals surface area contributed by atoms with Crippen molar-refractivity contribution in [1.29, 1.82) is 0 Å². The number of carboxylic acid groups (broad SMARTS) is 1. The molecule has 2 N–H and O–H groups in total. The van der Waals surface area contributed by atoms with Crippen LogP contribution in [0.25, 0.3) is 11.0 Å². The van der Waals surface area contributed by atoms with Gasteiger partial charge in [-0.3, -0.25) is 9.78 Å². The molecule has 5 nitrogen and oxygen atoms in total. The van der Waals surface area contributed by atoms with Crippen molar-refractivity contribution < 1.29 is 9.90 Å². The number of aromatic amines is 1. The topological polar surface area (TPSA) is 78.9 Å². The van der Waals surface area contributed by atoms with E-state index in [2.05, 4.69) is 15.0 Å². The molecule has 1 atom stereocenters. The van der Waals surface area contributed by atoms with Gasteiger partial charge in [0.2, 0.25) is 0 Å². The highest BCUT2D eigenvalue weighted by Crippen LogP contribution is 2.26. The summed E-state index contributed by atoms with van der Waals surface area (Å²) in [4.78, 5) is 22.6. The fourth-order valence-corrected chi connectivity index (χ4v) is 2.16. The maximum atomic E-state index is 11.5. The van der Waals surface area contributed by atoms with E-state index in [9.17, 15) is 9.90 Å². The average molecular weight is 253 g/mol. The highest BCUT2D eigenvalue weighted by atomic mass is 16.4. The first-order valence-corrected chi connectivity index (χ1v) is 5.81. The number of carbonyl (C=O) groups is 1. The molecule has 5 heteroatoms. The third kappa shape index (κ3) is 2.06. The minimum atomic E-state index is -0.896. The number of benzene rings is 1. The smallest absolute Gasteiger partial charge is 0.315 e. The zero-order chi connectivity index (χ0) is 13.2. The van der Waals surface area contributed by atoms with Crippen LogP contribution in [0.3, 0.4) is 0 Å². The maximum absolute atomic E-state index is 11.5. The molecule has 0 aliphatic carbocycles. The fourth-order valence-electron chi connectivity index (χ4n) is 2.16. The van der Waals surface area contributed by atoms with E-state index in [1.165, 1.54) is 0 Å². The molecule has 1 unspecified atom stereocenters. The van der Waals surface area contributed by atoms with Crippen molar-refractivity contribution in [1.82, 2.24) is 15.0 Å². The molecular weight excluding hydrogens is 242 g/mol. The van der Waals surface area contributed by atoms with Crippen LogP contribution in [-0.4, -0.2) is 26.0 Å². The lowest BCUT2D eigenvalue weighted by atomic mass is 9.92. The zero-order valence-electron chi connectivity index (χ0n) is 9.95. The van der Waals surface area contributed by atoms with Crippen LogP contribution < -0.4 is 0 Å². The highest BCUT2D eigenvalue weighted by molar-refractivity contribution is 5.83. The van der Waals surface area contributed by atoms with E-state index in [0.29, 0.717) is 11.1 Å². The van der Waals surface area contributed by atoms with Crippen LogP contribution in [0, 0.1) is 0 Å². The number of rotatable bonds is 3. The Hall–Kier alpha value is -2.69. The Kier molecular flexibility index (Phi) is 2.72. The average Bonchev–Trinajstić information content (AvgIpc) is 2.87. The van der Waals surface area contributed by atoms with Gasteiger partial charge in [0.15, 0.2) is 0 Å². The van der Waals surface area contributed by atoms with Gasteiger partial charge in [-0.25, -0.2) is 4.98 Å². The maximum Gasteiger partial charge on any atom is 0.315 e. The van der Waals surface area contributed by atoms with E-state index >= 15 is 0 Å². The summed E-state index contributed by atoms with van der Waals surface area (Å²) in [6.07, 6.45) is 4.80. The molecule has 2 heterocycles. The number of nitrogens with one attached hydrogen (secondary N) is 1. The van der Waals surface area contributed by atoms with Gasteiger partial charge in [0.1, 0.15) is 5.92 Å². The molecule has 0 spiro atoms. The third-order valence-corrected chi connectivity index (χ3v) is 3.04. The van der Waals surface area contributed by atoms with Crippen LogP contribution in [-0.2, 0) is 4.79 Å². The van der Waals surface area contributed by atoms with Crippen LogP contribution >= 0.6 is 0 Å². The second-order valence-electron chi connectivity index (χ2n) is 4.24. The number of aliphatic carboxylic acids is 1. The van der Waals surface area contributed by atoms with Crippen LogP contribution in [0.15, 0.2) is 49.1 Å². The van der Waals surface area contributed by atoms with Crippen molar-refractivity contribution in [2.75, 3.05) is 0 Å². The lowest BCUT2D eigenvalue weighted by molar-refractivity contribution is -0.137. The van der Waals surface area contributed by atoms with Crippen LogP contribution in [0.2, 0.25) is 0 Å². The van der Waals surface area contributed by atoms with Crippen molar-refractivity contribution in [2.45, 2.75) is 5.92 Å². The number of imidazole rings is 1. The predicted octanol–water partition coefficient (Wildman–Crippen LogP) is 2.17. The van der Waals surface area contributed by atoms with Crippen molar-refractivity contribution in [2.24, 2.45) is 0 Å². The summed E-state index contributed by atoms with van der Waals surface area (Å²) in [7, 11) is 0. The van der Waals surface area contributed by atoms with E-state index in [-0.39, 0.29) is 0 Å². The molecule has 0 amide bonds. The molecule has 0 aliphatic heterocycles. The van der Waals surface area contributed by atoms with Crippen molar-refractivity contribution in [3.63, 3.8) is 0 Å². The number of aromatic nitrogens is 3. The lowest BCUT2D eigenvalue weighted by Crippen LogP contribution is -2.13. The third-order valence-electron chi connectivity index (χ3n) is 3.04. The lowest BCUT2D eigenvalue weighted by Gasteiger charge is -2.12. The van der Waals surface area contributed by atoms with Gasteiger partial charge in [-0.1, -0.05) is 12.1 Å². The molecule has 0 saturated carbocycles. The first-order chi connectivity index (χ1) is 9.25. The van der Waals surface area contributed by atoms with E-state index in [1.54, 1.807) is 36.9 Å². The molecule has 1 aromatic carbocycles. The number of pyridine rings is 1. The summed E-state index contributed by atoms with van der Waals surface area (Å²) in [6, 6.07) is 8.92. The number of carboxylic acids is 1. The second kappa shape index (κ2) is 4.53. The Bertz CT molecular complexity index is 722. The van der Waals surface area contributed by atoms with E-state index in [4.69, 9.17) is 0 Å². The van der Waals surface area contributed by atoms with Gasteiger partial charge in [-0.05, 0) is 29.3 Å². The quantitative estimate of drug-likeness (QED) is 0.749. The number of hydrogen-bond acceptors (Lipinski definition) is 3. The number of hydrogen-bond donors (Lipinski definition) is 2. The second-order valence-corrected chi connectivity index (χ2v) is 4.24. The fraction of sp³-hybridized carbons (Fsp3) is 0.0714. The Morgan fingerprint density at radius 3 is 2.89 bits per heavy atom. The SMILES string of the molecule is O=C(O)C(c1cccnc1)c1ccc2nc[nH]c2c1. The summed E-state index contributed by atoms with van der Waals surface area (Å²) in [5, 5.41) is 9.45. The Balaban J connectivity index is 2.12. The van der Waals surface area contributed by atoms with Crippen LogP contribution in [0.5, 0.6) is 0 Å². The van der Waals surface area contributed by atoms with E-state index < -0.39 is 11.9 Å². The normalized spacial score (nSPS) is 12.4. The molecule has 3 aromatic rings. The summed E-state index contributed by atoms with van der Waals surface area (Å²) < 4.78 is 0. The van der Waals surface area contributed by atoms with Crippen molar-refractivity contribution in [3.8, 4) is 0 Å². The number of H-pyrrole nitrogens is 1.